The van der Waals surface area contributed by atoms with Gasteiger partial charge in [0.1, 0.15) is 5.82 Å². The van der Waals surface area contributed by atoms with Gasteiger partial charge in [0.15, 0.2) is 6.61 Å². The number of rotatable bonds is 6. The van der Waals surface area contributed by atoms with Gasteiger partial charge in [0.25, 0.3) is 5.91 Å². The molecule has 2 rings (SSSR count). The standard InChI is InChI=1S/C19H17ClFNO3/c1-13(15-5-7-16(20)8-6-15)22-18(23)12-25-19(24)11-4-14-2-9-17(21)10-3-14/h2-11,13H,12H2,1H3,(H,22,23)/b11-4+/t13-/m1/s1. The molecular formula is C19H17ClFNO3. The van der Waals surface area contributed by atoms with Gasteiger partial charge < -0.3 is 10.1 Å². The number of carbonyl (C=O) groups excluding carboxylic acids is 2. The minimum Gasteiger partial charge on any atom is -0.452 e. The van der Waals surface area contributed by atoms with Crippen LogP contribution in [0.25, 0.3) is 6.08 Å². The Bertz CT molecular complexity index is 757. The Morgan fingerprint density at radius 2 is 1.80 bits per heavy atom. The molecular weight excluding hydrogens is 345 g/mol. The van der Waals surface area contributed by atoms with Crippen molar-refractivity contribution in [3.8, 4) is 0 Å². The van der Waals surface area contributed by atoms with E-state index in [0.717, 1.165) is 5.56 Å². The largest absolute Gasteiger partial charge is 0.452 e. The number of carbonyl (C=O) groups is 2. The van der Waals surface area contributed by atoms with Crippen LogP contribution in [0.4, 0.5) is 4.39 Å². The first-order chi connectivity index (χ1) is 11.9. The van der Waals surface area contributed by atoms with Crippen molar-refractivity contribution in [1.82, 2.24) is 5.32 Å². The van der Waals surface area contributed by atoms with E-state index >= 15 is 0 Å². The molecule has 0 bridgehead atoms. The maximum Gasteiger partial charge on any atom is 0.331 e. The smallest absolute Gasteiger partial charge is 0.331 e. The zero-order valence-electron chi connectivity index (χ0n) is 13.5. The molecule has 1 N–H and O–H groups in total. The van der Waals surface area contributed by atoms with E-state index in [-0.39, 0.29) is 18.5 Å². The fraction of sp³-hybridized carbons (Fsp3) is 0.158. The van der Waals surface area contributed by atoms with Gasteiger partial charge in [0.2, 0.25) is 0 Å². The van der Waals surface area contributed by atoms with Crippen LogP contribution in [-0.2, 0) is 14.3 Å². The second kappa shape index (κ2) is 8.99. The van der Waals surface area contributed by atoms with Gasteiger partial charge in [-0.1, -0.05) is 35.9 Å². The van der Waals surface area contributed by atoms with E-state index in [2.05, 4.69) is 5.32 Å². The van der Waals surface area contributed by atoms with Gasteiger partial charge in [-0.15, -0.1) is 0 Å². The van der Waals surface area contributed by atoms with Crippen LogP contribution in [0.15, 0.2) is 54.6 Å². The van der Waals surface area contributed by atoms with Crippen LogP contribution in [-0.4, -0.2) is 18.5 Å². The van der Waals surface area contributed by atoms with E-state index < -0.39 is 11.9 Å². The average molecular weight is 362 g/mol. The van der Waals surface area contributed by atoms with Crippen molar-refractivity contribution in [3.05, 3.63) is 76.6 Å². The first-order valence-electron chi connectivity index (χ1n) is 7.59. The fourth-order valence-corrected chi connectivity index (χ4v) is 2.17. The van der Waals surface area contributed by atoms with Gasteiger partial charge in [0, 0.05) is 11.1 Å². The molecule has 0 radical (unpaired) electrons. The molecule has 1 atom stereocenters. The van der Waals surface area contributed by atoms with Crippen LogP contribution in [0.2, 0.25) is 5.02 Å². The summed E-state index contributed by atoms with van der Waals surface area (Å²) < 4.78 is 17.6. The molecule has 0 spiro atoms. The molecule has 0 aromatic heterocycles. The zero-order valence-corrected chi connectivity index (χ0v) is 14.3. The molecule has 0 aliphatic carbocycles. The highest BCUT2D eigenvalue weighted by Crippen LogP contribution is 2.15. The van der Waals surface area contributed by atoms with Gasteiger partial charge in [-0.05, 0) is 48.4 Å². The quantitative estimate of drug-likeness (QED) is 0.627. The second-order valence-corrected chi connectivity index (χ2v) is 5.77. The number of benzene rings is 2. The van der Waals surface area contributed by atoms with E-state index in [4.69, 9.17) is 16.3 Å². The molecule has 0 unspecified atom stereocenters. The van der Waals surface area contributed by atoms with E-state index in [0.29, 0.717) is 10.6 Å². The highest BCUT2D eigenvalue weighted by molar-refractivity contribution is 6.30. The molecule has 4 nitrogen and oxygen atoms in total. The van der Waals surface area contributed by atoms with Crippen molar-refractivity contribution in [3.63, 3.8) is 0 Å². The van der Waals surface area contributed by atoms with Crippen LogP contribution >= 0.6 is 11.6 Å². The van der Waals surface area contributed by atoms with Gasteiger partial charge in [-0.3, -0.25) is 4.79 Å². The van der Waals surface area contributed by atoms with E-state index in [9.17, 15) is 14.0 Å². The number of amides is 1. The highest BCUT2D eigenvalue weighted by atomic mass is 35.5. The van der Waals surface area contributed by atoms with Crippen LogP contribution in [0.3, 0.4) is 0 Å². The number of hydrogen-bond acceptors (Lipinski definition) is 3. The Morgan fingerprint density at radius 1 is 1.16 bits per heavy atom. The molecule has 6 heteroatoms. The third-order valence-corrected chi connectivity index (χ3v) is 3.63. The Balaban J connectivity index is 1.77. The molecule has 0 saturated heterocycles. The Kier molecular flexibility index (Phi) is 6.71. The molecule has 130 valence electrons. The normalized spacial score (nSPS) is 12.0. The highest BCUT2D eigenvalue weighted by Gasteiger charge is 2.11. The van der Waals surface area contributed by atoms with Gasteiger partial charge >= 0.3 is 5.97 Å². The Hall–Kier alpha value is -2.66. The van der Waals surface area contributed by atoms with Crippen LogP contribution in [0, 0.1) is 5.82 Å². The second-order valence-electron chi connectivity index (χ2n) is 5.33. The average Bonchev–Trinajstić information content (AvgIpc) is 2.60. The lowest BCUT2D eigenvalue weighted by Crippen LogP contribution is -2.30. The first-order valence-corrected chi connectivity index (χ1v) is 7.97. The molecule has 0 aliphatic rings. The van der Waals surface area contributed by atoms with Crippen molar-refractivity contribution in [2.24, 2.45) is 0 Å². The zero-order chi connectivity index (χ0) is 18.2. The summed E-state index contributed by atoms with van der Waals surface area (Å²) in [6, 6.07) is 12.5. The maximum atomic E-state index is 12.8. The topological polar surface area (TPSA) is 55.4 Å². The number of ether oxygens (including phenoxy) is 1. The number of halogens is 2. The minimum absolute atomic E-state index is 0.238. The molecule has 0 aliphatic heterocycles. The molecule has 2 aromatic rings. The van der Waals surface area contributed by atoms with E-state index in [1.54, 1.807) is 12.1 Å². The summed E-state index contributed by atoms with van der Waals surface area (Å²) in [5.74, 6) is -1.42. The van der Waals surface area contributed by atoms with Crippen molar-refractivity contribution < 1.29 is 18.7 Å². The maximum absolute atomic E-state index is 12.8. The lowest BCUT2D eigenvalue weighted by Gasteiger charge is -2.14. The molecule has 0 fully saturated rings. The lowest BCUT2D eigenvalue weighted by atomic mass is 10.1. The van der Waals surface area contributed by atoms with Gasteiger partial charge in [0.05, 0.1) is 6.04 Å². The predicted octanol–water partition coefficient (Wildman–Crippen LogP) is 3.91. The van der Waals surface area contributed by atoms with Crippen molar-refractivity contribution in [2.45, 2.75) is 13.0 Å². The molecule has 2 aromatic carbocycles. The SMILES string of the molecule is C[C@@H](NC(=O)COC(=O)/C=C/c1ccc(F)cc1)c1ccc(Cl)cc1. The number of esters is 1. The molecule has 0 saturated carbocycles. The Labute approximate surface area is 150 Å². The molecule has 25 heavy (non-hydrogen) atoms. The minimum atomic E-state index is -0.654. The summed E-state index contributed by atoms with van der Waals surface area (Å²) in [5.41, 5.74) is 1.54. The van der Waals surface area contributed by atoms with Crippen LogP contribution < -0.4 is 5.32 Å². The van der Waals surface area contributed by atoms with Crippen molar-refractivity contribution in [2.75, 3.05) is 6.61 Å². The Morgan fingerprint density at radius 3 is 2.44 bits per heavy atom. The van der Waals surface area contributed by atoms with Crippen LogP contribution in [0.1, 0.15) is 24.1 Å². The summed E-state index contributed by atoms with van der Waals surface area (Å²) in [4.78, 5) is 23.4. The molecule has 0 heterocycles. The number of nitrogens with one attached hydrogen (secondary N) is 1. The fourth-order valence-electron chi connectivity index (χ4n) is 2.04. The van der Waals surface area contributed by atoms with E-state index in [1.807, 2.05) is 19.1 Å². The molecule has 1 amide bonds. The lowest BCUT2D eigenvalue weighted by molar-refractivity contribution is -0.144. The van der Waals surface area contributed by atoms with Gasteiger partial charge in [-0.25, -0.2) is 9.18 Å². The summed E-state index contributed by atoms with van der Waals surface area (Å²) >= 11 is 5.82. The monoisotopic (exact) mass is 361 g/mol. The summed E-state index contributed by atoms with van der Waals surface area (Å²) in [6.45, 7) is 1.43. The summed E-state index contributed by atoms with van der Waals surface area (Å²) in [5, 5.41) is 3.34. The van der Waals surface area contributed by atoms with Gasteiger partial charge in [-0.2, -0.15) is 0 Å². The third-order valence-electron chi connectivity index (χ3n) is 3.37. The van der Waals surface area contributed by atoms with Crippen LogP contribution in [0.5, 0.6) is 0 Å². The number of hydrogen-bond donors (Lipinski definition) is 1. The van der Waals surface area contributed by atoms with E-state index in [1.165, 1.54) is 36.4 Å². The van der Waals surface area contributed by atoms with Crippen molar-refractivity contribution in [1.29, 1.82) is 0 Å². The van der Waals surface area contributed by atoms with Crippen molar-refractivity contribution >= 4 is 29.6 Å². The first kappa shape index (κ1) is 18.7. The third kappa shape index (κ3) is 6.39. The predicted molar refractivity (Wildman–Crippen MR) is 94.4 cm³/mol. The summed E-state index contributed by atoms with van der Waals surface area (Å²) in [7, 11) is 0. The summed E-state index contributed by atoms with van der Waals surface area (Å²) in [6.07, 6.45) is 2.67.